The quantitative estimate of drug-likeness (QED) is 0.871. The van der Waals surface area contributed by atoms with E-state index in [2.05, 4.69) is 17.2 Å². The summed E-state index contributed by atoms with van der Waals surface area (Å²) < 4.78 is 26.7. The molecule has 1 heterocycles. The topological polar surface area (TPSA) is 24.9 Å². The number of benzene rings is 1. The molecule has 1 unspecified atom stereocenters. The smallest absolute Gasteiger partial charge is 0.141 e. The van der Waals surface area contributed by atoms with Gasteiger partial charge in [-0.15, -0.1) is 0 Å². The molecule has 0 saturated carbocycles. The van der Waals surface area contributed by atoms with Crippen LogP contribution in [0.3, 0.4) is 0 Å². The van der Waals surface area contributed by atoms with Crippen LogP contribution in [0.4, 0.5) is 8.78 Å². The maximum absolute atomic E-state index is 13.7. The Morgan fingerprint density at radius 2 is 1.95 bits per heavy atom. The van der Waals surface area contributed by atoms with Gasteiger partial charge >= 0.3 is 0 Å². The molecule has 0 radical (unpaired) electrons. The third-order valence-corrected chi connectivity index (χ3v) is 3.13. The Balaban J connectivity index is 2.19. The van der Waals surface area contributed by atoms with Crippen molar-refractivity contribution in [2.24, 2.45) is 0 Å². The van der Waals surface area contributed by atoms with Crippen molar-refractivity contribution >= 4 is 0 Å². The van der Waals surface area contributed by atoms with Crippen molar-refractivity contribution in [3.63, 3.8) is 0 Å². The van der Waals surface area contributed by atoms with Crippen molar-refractivity contribution in [3.05, 3.63) is 65.5 Å². The molecule has 1 N–H and O–H groups in total. The van der Waals surface area contributed by atoms with Crippen LogP contribution in [-0.4, -0.2) is 11.5 Å². The number of nitrogens with zero attached hydrogens (tertiary/aromatic N) is 1. The molecule has 0 fully saturated rings. The Hall–Kier alpha value is -1.81. The lowest BCUT2D eigenvalue weighted by Gasteiger charge is -2.18. The molecule has 1 atom stereocenters. The molecule has 0 saturated heterocycles. The van der Waals surface area contributed by atoms with Gasteiger partial charge in [-0.3, -0.25) is 4.98 Å². The summed E-state index contributed by atoms with van der Waals surface area (Å²) in [6.45, 7) is 2.86. The standard InChI is InChI=1S/C16H18F2N2/c1-2-9-19-16(15-8-7-13(17)11-20-15)10-12-5-3-4-6-14(12)18/h3-8,11,16,19H,2,9-10H2,1H3. The van der Waals surface area contributed by atoms with E-state index in [4.69, 9.17) is 0 Å². The summed E-state index contributed by atoms with van der Waals surface area (Å²) in [4.78, 5) is 4.10. The number of hydrogen-bond donors (Lipinski definition) is 1. The fourth-order valence-electron chi connectivity index (χ4n) is 2.08. The van der Waals surface area contributed by atoms with Gasteiger partial charge in [0.15, 0.2) is 0 Å². The minimum Gasteiger partial charge on any atom is -0.308 e. The van der Waals surface area contributed by atoms with Gasteiger partial charge in [0.1, 0.15) is 11.6 Å². The minimum absolute atomic E-state index is 0.118. The molecule has 2 rings (SSSR count). The number of aromatic nitrogens is 1. The molecule has 106 valence electrons. The molecule has 0 aliphatic heterocycles. The van der Waals surface area contributed by atoms with E-state index in [1.165, 1.54) is 18.3 Å². The van der Waals surface area contributed by atoms with Crippen LogP contribution >= 0.6 is 0 Å². The molecule has 2 nitrogen and oxygen atoms in total. The van der Waals surface area contributed by atoms with Crippen LogP contribution in [0, 0.1) is 11.6 Å². The predicted octanol–water partition coefficient (Wildman–Crippen LogP) is 3.64. The van der Waals surface area contributed by atoms with Crippen LogP contribution in [0.1, 0.15) is 30.6 Å². The molecule has 0 aliphatic carbocycles. The Morgan fingerprint density at radius 1 is 1.15 bits per heavy atom. The zero-order valence-corrected chi connectivity index (χ0v) is 11.4. The lowest BCUT2D eigenvalue weighted by Crippen LogP contribution is -2.25. The third kappa shape index (κ3) is 3.84. The lowest BCUT2D eigenvalue weighted by molar-refractivity contribution is 0.501. The Bertz CT molecular complexity index is 540. The van der Waals surface area contributed by atoms with Crippen molar-refractivity contribution in [1.29, 1.82) is 0 Å². The zero-order valence-electron chi connectivity index (χ0n) is 11.4. The van der Waals surface area contributed by atoms with E-state index in [1.807, 2.05) is 6.07 Å². The van der Waals surface area contributed by atoms with E-state index >= 15 is 0 Å². The van der Waals surface area contributed by atoms with Crippen molar-refractivity contribution in [3.8, 4) is 0 Å². The van der Waals surface area contributed by atoms with Gasteiger partial charge < -0.3 is 5.32 Å². The highest BCUT2D eigenvalue weighted by Gasteiger charge is 2.15. The fraction of sp³-hybridized carbons (Fsp3) is 0.312. The first-order chi connectivity index (χ1) is 9.70. The Morgan fingerprint density at radius 3 is 2.60 bits per heavy atom. The number of nitrogens with one attached hydrogen (secondary N) is 1. The number of pyridine rings is 1. The van der Waals surface area contributed by atoms with E-state index in [1.54, 1.807) is 18.2 Å². The maximum Gasteiger partial charge on any atom is 0.141 e. The minimum atomic E-state index is -0.367. The highest BCUT2D eigenvalue weighted by atomic mass is 19.1. The Kier molecular flexibility index (Phi) is 5.18. The van der Waals surface area contributed by atoms with Gasteiger partial charge in [-0.2, -0.15) is 0 Å². The maximum atomic E-state index is 13.7. The van der Waals surface area contributed by atoms with Crippen LogP contribution < -0.4 is 5.32 Å². The number of hydrogen-bond acceptors (Lipinski definition) is 2. The highest BCUT2D eigenvalue weighted by Crippen LogP contribution is 2.19. The summed E-state index contributed by atoms with van der Waals surface area (Å²) in [5.41, 5.74) is 1.36. The lowest BCUT2D eigenvalue weighted by atomic mass is 10.0. The van der Waals surface area contributed by atoms with E-state index < -0.39 is 0 Å². The van der Waals surface area contributed by atoms with Gasteiger partial charge in [0.05, 0.1) is 17.9 Å². The SMILES string of the molecule is CCCNC(Cc1ccccc1F)c1ccc(F)cn1. The number of rotatable bonds is 6. The molecule has 0 aliphatic rings. The monoisotopic (exact) mass is 276 g/mol. The van der Waals surface area contributed by atoms with Crippen molar-refractivity contribution in [2.45, 2.75) is 25.8 Å². The average Bonchev–Trinajstić information content (AvgIpc) is 2.46. The van der Waals surface area contributed by atoms with Gasteiger partial charge in [0.2, 0.25) is 0 Å². The van der Waals surface area contributed by atoms with Gasteiger partial charge in [0.25, 0.3) is 0 Å². The van der Waals surface area contributed by atoms with E-state index in [0.29, 0.717) is 12.0 Å². The van der Waals surface area contributed by atoms with Gasteiger partial charge in [-0.25, -0.2) is 8.78 Å². The summed E-state index contributed by atoms with van der Waals surface area (Å²) in [5, 5.41) is 3.33. The largest absolute Gasteiger partial charge is 0.308 e. The van der Waals surface area contributed by atoms with Crippen LogP contribution in [-0.2, 0) is 6.42 Å². The second-order valence-corrected chi connectivity index (χ2v) is 4.70. The summed E-state index contributed by atoms with van der Waals surface area (Å²) >= 11 is 0. The Labute approximate surface area is 117 Å². The van der Waals surface area contributed by atoms with Crippen LogP contribution in [0.25, 0.3) is 0 Å². The molecular weight excluding hydrogens is 258 g/mol. The highest BCUT2D eigenvalue weighted by molar-refractivity contribution is 5.21. The first kappa shape index (κ1) is 14.6. The molecule has 0 bridgehead atoms. The molecule has 4 heteroatoms. The number of halogens is 2. The second-order valence-electron chi connectivity index (χ2n) is 4.70. The summed E-state index contributed by atoms with van der Waals surface area (Å²) in [7, 11) is 0. The first-order valence-electron chi connectivity index (χ1n) is 6.79. The molecule has 20 heavy (non-hydrogen) atoms. The predicted molar refractivity (Wildman–Crippen MR) is 75.3 cm³/mol. The van der Waals surface area contributed by atoms with E-state index in [-0.39, 0.29) is 17.7 Å². The molecular formula is C16H18F2N2. The average molecular weight is 276 g/mol. The fourth-order valence-corrected chi connectivity index (χ4v) is 2.08. The first-order valence-corrected chi connectivity index (χ1v) is 6.79. The van der Waals surface area contributed by atoms with Crippen molar-refractivity contribution < 1.29 is 8.78 Å². The van der Waals surface area contributed by atoms with Gasteiger partial charge in [-0.1, -0.05) is 25.1 Å². The van der Waals surface area contributed by atoms with E-state index in [0.717, 1.165) is 18.7 Å². The van der Waals surface area contributed by atoms with Gasteiger partial charge in [-0.05, 0) is 43.1 Å². The summed E-state index contributed by atoms with van der Waals surface area (Å²) in [6, 6.07) is 9.60. The van der Waals surface area contributed by atoms with Crippen LogP contribution in [0.15, 0.2) is 42.6 Å². The van der Waals surface area contributed by atoms with Crippen LogP contribution in [0.2, 0.25) is 0 Å². The molecule has 1 aromatic heterocycles. The third-order valence-electron chi connectivity index (χ3n) is 3.13. The van der Waals surface area contributed by atoms with Crippen molar-refractivity contribution in [1.82, 2.24) is 10.3 Å². The normalized spacial score (nSPS) is 12.3. The molecule has 0 spiro atoms. The summed E-state index contributed by atoms with van der Waals surface area (Å²) in [5.74, 6) is -0.591. The second kappa shape index (κ2) is 7.10. The van der Waals surface area contributed by atoms with Crippen LogP contribution in [0.5, 0.6) is 0 Å². The van der Waals surface area contributed by atoms with E-state index in [9.17, 15) is 8.78 Å². The van der Waals surface area contributed by atoms with Crippen molar-refractivity contribution in [2.75, 3.05) is 6.54 Å². The summed E-state index contributed by atoms with van der Waals surface area (Å²) in [6.07, 6.45) is 2.65. The molecule has 1 aromatic carbocycles. The molecule has 0 amide bonds. The zero-order chi connectivity index (χ0) is 14.4. The van der Waals surface area contributed by atoms with Gasteiger partial charge in [0, 0.05) is 0 Å². The molecule has 2 aromatic rings.